The summed E-state index contributed by atoms with van der Waals surface area (Å²) in [5.41, 5.74) is 6.95. The molecule has 22 heavy (non-hydrogen) atoms. The van der Waals surface area contributed by atoms with E-state index in [-0.39, 0.29) is 5.78 Å². The number of ether oxygens (including phenoxy) is 1. The van der Waals surface area contributed by atoms with Crippen LogP contribution in [0.25, 0.3) is 0 Å². The fraction of sp³-hybridized carbons (Fsp3) is 0.235. The highest BCUT2D eigenvalue weighted by atomic mass is 79.9. The first-order valence-corrected chi connectivity index (χ1v) is 8.61. The van der Waals surface area contributed by atoms with E-state index in [1.165, 1.54) is 0 Å². The largest absolute Gasteiger partial charge is 0.482 e. The number of Topliss-reactive ketones (excluding diaryl/α,β-unsaturated/α-hetero) is 1. The van der Waals surface area contributed by atoms with Gasteiger partial charge in [-0.1, -0.05) is 45.2 Å². The molecule has 0 aliphatic carbocycles. The van der Waals surface area contributed by atoms with Gasteiger partial charge in [0.05, 0.1) is 0 Å². The molecule has 0 aliphatic rings. The molecule has 2 N–H and O–H groups in total. The van der Waals surface area contributed by atoms with Crippen LogP contribution < -0.4 is 10.5 Å². The molecular formula is C17H17Br2NO2. The number of carbonyl (C=O) groups excluding carboxylic acids is 1. The third-order valence-electron chi connectivity index (χ3n) is 3.20. The Morgan fingerprint density at radius 3 is 2.50 bits per heavy atom. The molecule has 0 aliphatic heterocycles. The second kappa shape index (κ2) is 7.79. The lowest BCUT2D eigenvalue weighted by atomic mass is 10.0. The van der Waals surface area contributed by atoms with Gasteiger partial charge in [0, 0.05) is 20.2 Å². The van der Waals surface area contributed by atoms with Crippen LogP contribution in [0, 0.1) is 0 Å². The third-order valence-corrected chi connectivity index (χ3v) is 4.38. The van der Waals surface area contributed by atoms with Gasteiger partial charge in [-0.2, -0.15) is 0 Å². The van der Waals surface area contributed by atoms with Crippen LogP contribution >= 0.6 is 31.9 Å². The van der Waals surface area contributed by atoms with E-state index in [1.54, 1.807) is 30.3 Å². The molecule has 1 unspecified atom stereocenters. The van der Waals surface area contributed by atoms with Gasteiger partial charge >= 0.3 is 0 Å². The predicted octanol–water partition coefficient (Wildman–Crippen LogP) is 5.22. The molecule has 0 saturated carbocycles. The summed E-state index contributed by atoms with van der Waals surface area (Å²) in [5.74, 6) is 0.610. The summed E-state index contributed by atoms with van der Waals surface area (Å²) in [4.78, 5) is 12.8. The predicted molar refractivity (Wildman–Crippen MR) is 96.4 cm³/mol. The number of halogens is 2. The molecule has 2 aromatic rings. The molecule has 0 aromatic heterocycles. The Labute approximate surface area is 147 Å². The van der Waals surface area contributed by atoms with E-state index in [0.717, 1.165) is 15.4 Å². The van der Waals surface area contributed by atoms with Crippen LogP contribution in [0.2, 0.25) is 0 Å². The number of anilines is 1. The minimum absolute atomic E-state index is 0.0353. The molecule has 0 bridgehead atoms. The van der Waals surface area contributed by atoms with Crippen molar-refractivity contribution < 1.29 is 9.53 Å². The van der Waals surface area contributed by atoms with Gasteiger partial charge in [0.2, 0.25) is 5.78 Å². The summed E-state index contributed by atoms with van der Waals surface area (Å²) in [6.07, 6.45) is 0.998. The molecule has 2 aromatic carbocycles. The van der Waals surface area contributed by atoms with Gasteiger partial charge < -0.3 is 10.5 Å². The quantitative estimate of drug-likeness (QED) is 0.508. The fourth-order valence-corrected chi connectivity index (χ4v) is 2.88. The number of hydrogen-bond acceptors (Lipinski definition) is 3. The summed E-state index contributed by atoms with van der Waals surface area (Å²) < 4.78 is 7.51. The number of rotatable bonds is 6. The van der Waals surface area contributed by atoms with Crippen LogP contribution in [0.15, 0.2) is 51.4 Å². The zero-order valence-corrected chi connectivity index (χ0v) is 15.4. The molecule has 0 radical (unpaired) electrons. The molecule has 5 heteroatoms. The molecule has 3 nitrogen and oxygen atoms in total. The highest BCUT2D eigenvalue weighted by molar-refractivity contribution is 9.11. The molecule has 0 heterocycles. The van der Waals surface area contributed by atoms with Crippen LogP contribution in [-0.4, -0.2) is 11.9 Å². The maximum absolute atomic E-state index is 12.8. The van der Waals surface area contributed by atoms with Crippen molar-refractivity contribution in [1.29, 1.82) is 0 Å². The first-order valence-electron chi connectivity index (χ1n) is 7.02. The normalized spacial score (nSPS) is 12.0. The highest BCUT2D eigenvalue weighted by Crippen LogP contribution is 2.25. The van der Waals surface area contributed by atoms with Gasteiger partial charge in [0.15, 0.2) is 6.10 Å². The number of nitrogen functional groups attached to an aromatic ring is 1. The summed E-state index contributed by atoms with van der Waals surface area (Å²) in [6.45, 7) is 2.03. The lowest BCUT2D eigenvalue weighted by molar-refractivity contribution is 0.0776. The van der Waals surface area contributed by atoms with Gasteiger partial charge in [0.25, 0.3) is 0 Å². The fourth-order valence-electron chi connectivity index (χ4n) is 2.08. The molecule has 0 spiro atoms. The Hall–Kier alpha value is -1.33. The lowest BCUT2D eigenvalue weighted by Gasteiger charge is -2.18. The minimum Gasteiger partial charge on any atom is -0.482 e. The Morgan fingerprint density at radius 1 is 1.18 bits per heavy atom. The second-order valence-electron chi connectivity index (χ2n) is 4.95. The first kappa shape index (κ1) is 17.0. The van der Waals surface area contributed by atoms with Crippen molar-refractivity contribution in [3.05, 3.63) is 57.0 Å². The van der Waals surface area contributed by atoms with Crippen LogP contribution in [0.1, 0.15) is 30.1 Å². The monoisotopic (exact) mass is 425 g/mol. The van der Waals surface area contributed by atoms with E-state index in [1.807, 2.05) is 19.1 Å². The zero-order chi connectivity index (χ0) is 16.1. The molecular weight excluding hydrogens is 410 g/mol. The van der Waals surface area contributed by atoms with Crippen molar-refractivity contribution in [3.8, 4) is 5.75 Å². The summed E-state index contributed by atoms with van der Waals surface area (Å²) >= 11 is 6.83. The Morgan fingerprint density at radius 2 is 1.86 bits per heavy atom. The van der Waals surface area contributed by atoms with Gasteiger partial charge in [-0.25, -0.2) is 0 Å². The smallest absolute Gasteiger partial charge is 0.204 e. The zero-order valence-electron chi connectivity index (χ0n) is 12.2. The van der Waals surface area contributed by atoms with Crippen molar-refractivity contribution in [1.82, 2.24) is 0 Å². The molecule has 0 fully saturated rings. The standard InChI is InChI=1S/C17H17Br2NO2/c1-2-3-16(22-13-7-5-12(20)6-8-13)17(21)14-10-11(18)4-9-15(14)19/h4-10,16H,2-3,20H2,1H3. The summed E-state index contributed by atoms with van der Waals surface area (Å²) in [5, 5.41) is 0. The molecule has 0 saturated heterocycles. The summed E-state index contributed by atoms with van der Waals surface area (Å²) in [6, 6.07) is 12.6. The van der Waals surface area contributed by atoms with E-state index in [0.29, 0.717) is 23.4 Å². The number of carbonyl (C=O) groups is 1. The molecule has 0 amide bonds. The van der Waals surface area contributed by atoms with E-state index in [9.17, 15) is 4.79 Å². The van der Waals surface area contributed by atoms with Crippen LogP contribution in [0.5, 0.6) is 5.75 Å². The van der Waals surface area contributed by atoms with Crippen LogP contribution in [0.4, 0.5) is 5.69 Å². The Kier molecular flexibility index (Phi) is 6.03. The Balaban J connectivity index is 2.24. The number of benzene rings is 2. The average Bonchev–Trinajstić information content (AvgIpc) is 2.50. The van der Waals surface area contributed by atoms with Gasteiger partial charge in [-0.05, 0) is 48.9 Å². The lowest BCUT2D eigenvalue weighted by Crippen LogP contribution is -2.27. The second-order valence-corrected chi connectivity index (χ2v) is 6.72. The maximum atomic E-state index is 12.8. The van der Waals surface area contributed by atoms with Crippen molar-refractivity contribution in [2.45, 2.75) is 25.9 Å². The average molecular weight is 427 g/mol. The minimum atomic E-state index is -0.515. The van der Waals surface area contributed by atoms with Crippen molar-refractivity contribution in [2.75, 3.05) is 5.73 Å². The number of hydrogen-bond donors (Lipinski definition) is 1. The Bertz CT molecular complexity index is 656. The van der Waals surface area contributed by atoms with E-state index < -0.39 is 6.10 Å². The van der Waals surface area contributed by atoms with Crippen molar-refractivity contribution in [3.63, 3.8) is 0 Å². The van der Waals surface area contributed by atoms with Gasteiger partial charge in [0.1, 0.15) is 5.75 Å². The van der Waals surface area contributed by atoms with Crippen LogP contribution in [-0.2, 0) is 0 Å². The summed E-state index contributed by atoms with van der Waals surface area (Å²) in [7, 11) is 0. The molecule has 116 valence electrons. The first-order chi connectivity index (χ1) is 10.5. The van der Waals surface area contributed by atoms with Gasteiger partial charge in [-0.15, -0.1) is 0 Å². The topological polar surface area (TPSA) is 52.3 Å². The third kappa shape index (κ3) is 4.34. The maximum Gasteiger partial charge on any atom is 0.204 e. The van der Waals surface area contributed by atoms with E-state index >= 15 is 0 Å². The van der Waals surface area contributed by atoms with Gasteiger partial charge in [-0.3, -0.25) is 4.79 Å². The number of nitrogens with two attached hydrogens (primary N) is 1. The number of ketones is 1. The van der Waals surface area contributed by atoms with E-state index in [4.69, 9.17) is 10.5 Å². The SMILES string of the molecule is CCCC(Oc1ccc(N)cc1)C(=O)c1cc(Br)ccc1Br. The molecule has 2 rings (SSSR count). The van der Waals surface area contributed by atoms with Crippen LogP contribution in [0.3, 0.4) is 0 Å². The van der Waals surface area contributed by atoms with E-state index in [2.05, 4.69) is 31.9 Å². The highest BCUT2D eigenvalue weighted by Gasteiger charge is 2.23. The van der Waals surface area contributed by atoms with Crippen molar-refractivity contribution >= 4 is 43.3 Å². The molecule has 1 atom stereocenters. The van der Waals surface area contributed by atoms with Crippen molar-refractivity contribution in [2.24, 2.45) is 0 Å².